The lowest BCUT2D eigenvalue weighted by Gasteiger charge is -2.05. The first-order valence-electron chi connectivity index (χ1n) is 9.25. The van der Waals surface area contributed by atoms with Crippen molar-refractivity contribution in [2.45, 2.75) is 38.5 Å². The predicted molar refractivity (Wildman–Crippen MR) is 110 cm³/mol. The Labute approximate surface area is 170 Å². The molecule has 8 heteroatoms. The third-order valence-electron chi connectivity index (χ3n) is 4.49. The topological polar surface area (TPSA) is 102 Å². The van der Waals surface area contributed by atoms with Crippen LogP contribution in [0.5, 0.6) is 0 Å². The molecule has 0 unspecified atom stereocenters. The van der Waals surface area contributed by atoms with Gasteiger partial charge in [0.05, 0.1) is 10.6 Å². The van der Waals surface area contributed by atoms with Crippen molar-refractivity contribution >= 4 is 21.8 Å². The molecule has 1 amide bonds. The number of rotatable bonds is 7. The van der Waals surface area contributed by atoms with Crippen molar-refractivity contribution < 1.29 is 17.6 Å². The van der Waals surface area contributed by atoms with E-state index >= 15 is 0 Å². The molecule has 3 rings (SSSR count). The molecular weight excluding hydrogens is 390 g/mol. The third-order valence-corrected chi connectivity index (χ3v) is 6.31. The highest BCUT2D eigenvalue weighted by Gasteiger charge is 2.16. The second-order valence-corrected chi connectivity index (χ2v) is 9.12. The standard InChI is InChI=1S/C21H23N3O4S/c1-14-7-10-17(11-8-14)29(26,27)12-4-5-19(25)22-21-24-23-20(28-21)18-13-15(2)6-9-16(18)3/h6-11,13H,4-5,12H2,1-3H3,(H,22,24,25). The van der Waals surface area contributed by atoms with Gasteiger partial charge in [0, 0.05) is 12.0 Å². The smallest absolute Gasteiger partial charge is 0.322 e. The van der Waals surface area contributed by atoms with Crippen LogP contribution >= 0.6 is 0 Å². The van der Waals surface area contributed by atoms with Gasteiger partial charge >= 0.3 is 6.01 Å². The van der Waals surface area contributed by atoms with Crippen LogP contribution in [0.25, 0.3) is 11.5 Å². The van der Waals surface area contributed by atoms with Crippen molar-refractivity contribution in [3.05, 3.63) is 59.2 Å². The van der Waals surface area contributed by atoms with Crippen LogP contribution in [0.1, 0.15) is 29.5 Å². The minimum absolute atomic E-state index is 0.00713. The van der Waals surface area contributed by atoms with Crippen molar-refractivity contribution in [3.8, 4) is 11.5 Å². The Morgan fingerprint density at radius 3 is 2.41 bits per heavy atom. The summed E-state index contributed by atoms with van der Waals surface area (Å²) in [5.74, 6) is -0.162. The number of sulfone groups is 1. The van der Waals surface area contributed by atoms with Crippen LogP contribution in [-0.2, 0) is 14.6 Å². The number of hydrogen-bond donors (Lipinski definition) is 1. The lowest BCUT2D eigenvalue weighted by Crippen LogP contribution is -2.14. The summed E-state index contributed by atoms with van der Waals surface area (Å²) in [4.78, 5) is 12.4. The molecule has 0 spiro atoms. The van der Waals surface area contributed by atoms with Crippen molar-refractivity contribution in [2.24, 2.45) is 0 Å². The normalized spacial score (nSPS) is 11.4. The molecule has 0 aliphatic rings. The average Bonchev–Trinajstić information content (AvgIpc) is 3.12. The van der Waals surface area contributed by atoms with Crippen LogP contribution in [0.15, 0.2) is 51.8 Å². The predicted octanol–water partition coefficient (Wildman–Crippen LogP) is 3.85. The third kappa shape index (κ3) is 5.29. The molecule has 0 saturated heterocycles. The Morgan fingerprint density at radius 2 is 1.69 bits per heavy atom. The SMILES string of the molecule is Cc1ccc(S(=O)(=O)CCCC(=O)Nc2nnc(-c3cc(C)ccc3C)o2)cc1. The molecule has 2 aromatic carbocycles. The minimum atomic E-state index is -3.42. The molecule has 0 fully saturated rings. The summed E-state index contributed by atoms with van der Waals surface area (Å²) in [7, 11) is -3.42. The number of hydrogen-bond acceptors (Lipinski definition) is 6. The van der Waals surface area contributed by atoms with E-state index in [1.807, 2.05) is 39.0 Å². The molecule has 0 bridgehead atoms. The highest BCUT2D eigenvalue weighted by Crippen LogP contribution is 2.24. The van der Waals surface area contributed by atoms with E-state index in [4.69, 9.17) is 4.42 Å². The molecule has 0 atom stereocenters. The maximum atomic E-state index is 12.3. The van der Waals surface area contributed by atoms with Crippen LogP contribution in [0.4, 0.5) is 6.01 Å². The number of nitrogens with zero attached hydrogens (tertiary/aromatic N) is 2. The summed E-state index contributed by atoms with van der Waals surface area (Å²) >= 11 is 0. The fourth-order valence-electron chi connectivity index (χ4n) is 2.82. The van der Waals surface area contributed by atoms with Crippen LogP contribution in [-0.4, -0.2) is 30.3 Å². The Morgan fingerprint density at radius 1 is 1.00 bits per heavy atom. The molecule has 3 aromatic rings. The molecule has 0 aliphatic heterocycles. The highest BCUT2D eigenvalue weighted by molar-refractivity contribution is 7.91. The van der Waals surface area contributed by atoms with Crippen LogP contribution in [0.2, 0.25) is 0 Å². The molecule has 152 valence electrons. The number of amides is 1. The summed E-state index contributed by atoms with van der Waals surface area (Å²) in [6.07, 6.45) is 0.228. The van der Waals surface area contributed by atoms with Gasteiger partial charge in [-0.05, 0) is 51.0 Å². The molecule has 29 heavy (non-hydrogen) atoms. The molecule has 0 saturated carbocycles. The maximum Gasteiger partial charge on any atom is 0.322 e. The van der Waals surface area contributed by atoms with Crippen molar-refractivity contribution in [2.75, 3.05) is 11.1 Å². The summed E-state index contributed by atoms with van der Waals surface area (Å²) < 4.78 is 30.2. The van der Waals surface area contributed by atoms with Crippen LogP contribution in [0.3, 0.4) is 0 Å². The number of aryl methyl sites for hydroxylation is 3. The largest absolute Gasteiger partial charge is 0.403 e. The number of carbonyl (C=O) groups is 1. The Hall–Kier alpha value is -3.00. The van der Waals surface area contributed by atoms with Gasteiger partial charge in [0.15, 0.2) is 9.84 Å². The van der Waals surface area contributed by atoms with Crippen molar-refractivity contribution in [3.63, 3.8) is 0 Å². The van der Waals surface area contributed by atoms with E-state index in [1.165, 1.54) is 0 Å². The first kappa shape index (κ1) is 20.7. The second-order valence-electron chi connectivity index (χ2n) is 7.01. The van der Waals surface area contributed by atoms with Gasteiger partial charge in [-0.15, -0.1) is 5.10 Å². The van der Waals surface area contributed by atoms with Gasteiger partial charge in [-0.3, -0.25) is 10.1 Å². The molecular formula is C21H23N3O4S. The quantitative estimate of drug-likeness (QED) is 0.631. The molecule has 7 nitrogen and oxygen atoms in total. The van der Waals surface area contributed by atoms with Gasteiger partial charge in [0.2, 0.25) is 11.8 Å². The van der Waals surface area contributed by atoms with Gasteiger partial charge in [-0.25, -0.2) is 8.42 Å². The van der Waals surface area contributed by atoms with E-state index < -0.39 is 9.84 Å². The van der Waals surface area contributed by atoms with E-state index in [9.17, 15) is 13.2 Å². The van der Waals surface area contributed by atoms with E-state index in [2.05, 4.69) is 15.5 Å². The summed E-state index contributed by atoms with van der Waals surface area (Å²) in [5.41, 5.74) is 3.84. The van der Waals surface area contributed by atoms with E-state index in [-0.39, 0.29) is 35.4 Å². The van der Waals surface area contributed by atoms with E-state index in [1.54, 1.807) is 24.3 Å². The lowest BCUT2D eigenvalue weighted by atomic mass is 10.1. The maximum absolute atomic E-state index is 12.3. The summed E-state index contributed by atoms with van der Waals surface area (Å²) in [6, 6.07) is 12.5. The molecule has 1 N–H and O–H groups in total. The molecule has 0 aliphatic carbocycles. The number of nitrogens with one attached hydrogen (secondary N) is 1. The number of carbonyl (C=O) groups excluding carboxylic acids is 1. The van der Waals surface area contributed by atoms with Crippen LogP contribution < -0.4 is 5.32 Å². The fraction of sp³-hybridized carbons (Fsp3) is 0.286. The highest BCUT2D eigenvalue weighted by atomic mass is 32.2. The lowest BCUT2D eigenvalue weighted by molar-refractivity contribution is -0.116. The van der Waals surface area contributed by atoms with Gasteiger partial charge in [-0.1, -0.05) is 40.5 Å². The fourth-order valence-corrected chi connectivity index (χ4v) is 4.13. The van der Waals surface area contributed by atoms with Gasteiger partial charge < -0.3 is 4.42 Å². The molecule has 1 heterocycles. The molecule has 1 aromatic heterocycles. The van der Waals surface area contributed by atoms with Gasteiger partial charge in [0.25, 0.3) is 0 Å². The number of anilines is 1. The van der Waals surface area contributed by atoms with Crippen molar-refractivity contribution in [1.29, 1.82) is 0 Å². The van der Waals surface area contributed by atoms with E-state index in [0.29, 0.717) is 5.89 Å². The Kier molecular flexibility index (Phi) is 6.12. The zero-order valence-corrected chi connectivity index (χ0v) is 17.4. The number of aromatic nitrogens is 2. The monoisotopic (exact) mass is 413 g/mol. The van der Waals surface area contributed by atoms with Gasteiger partial charge in [0.1, 0.15) is 0 Å². The van der Waals surface area contributed by atoms with E-state index in [0.717, 1.165) is 22.3 Å². The van der Waals surface area contributed by atoms with Gasteiger partial charge in [-0.2, -0.15) is 0 Å². The average molecular weight is 413 g/mol. The zero-order valence-electron chi connectivity index (χ0n) is 16.6. The Balaban J connectivity index is 1.56. The summed E-state index contributed by atoms with van der Waals surface area (Å²) in [5, 5.41) is 10.4. The zero-order chi connectivity index (χ0) is 21.0. The summed E-state index contributed by atoms with van der Waals surface area (Å²) in [6.45, 7) is 5.79. The second kappa shape index (κ2) is 8.57. The first-order chi connectivity index (χ1) is 13.7. The van der Waals surface area contributed by atoms with Crippen molar-refractivity contribution in [1.82, 2.24) is 10.2 Å². The minimum Gasteiger partial charge on any atom is -0.403 e. The molecule has 0 radical (unpaired) electrons. The Bertz CT molecular complexity index is 1120. The van der Waals surface area contributed by atoms with Crippen LogP contribution in [0, 0.1) is 20.8 Å². The number of benzene rings is 2. The first-order valence-corrected chi connectivity index (χ1v) is 10.9.